The highest BCUT2D eigenvalue weighted by Crippen LogP contribution is 2.37. The van der Waals surface area contributed by atoms with Crippen molar-refractivity contribution in [3.05, 3.63) is 70.9 Å². The zero-order valence-electron chi connectivity index (χ0n) is 21.5. The zero-order chi connectivity index (χ0) is 28.4. The van der Waals surface area contributed by atoms with E-state index in [0.717, 1.165) is 16.5 Å². The molecule has 13 heteroatoms. The fourth-order valence-electron chi connectivity index (χ4n) is 5.04. The summed E-state index contributed by atoms with van der Waals surface area (Å²) in [6.45, 7) is 2.20. The van der Waals surface area contributed by atoms with Gasteiger partial charge in [0.15, 0.2) is 0 Å². The average Bonchev–Trinajstić information content (AvgIpc) is 3.28. The molecule has 4 rings (SSSR count). The Morgan fingerprint density at radius 2 is 1.68 bits per heavy atom. The van der Waals surface area contributed by atoms with Gasteiger partial charge in [-0.25, -0.2) is 0 Å². The van der Waals surface area contributed by atoms with Crippen molar-refractivity contribution in [1.29, 1.82) is 0 Å². The number of carbonyl (C=O) groups excluding carboxylic acids is 2. The molecule has 0 saturated carbocycles. The van der Waals surface area contributed by atoms with Gasteiger partial charge in [0.25, 0.3) is 5.91 Å². The smallest absolute Gasteiger partial charge is 0.361 e. The first kappa shape index (κ1) is 31.3. The van der Waals surface area contributed by atoms with Gasteiger partial charge in [-0.2, -0.15) is 26.3 Å². The zero-order valence-corrected chi connectivity index (χ0v) is 22.3. The third-order valence-electron chi connectivity index (χ3n) is 6.89. The van der Waals surface area contributed by atoms with Crippen LogP contribution in [-0.4, -0.2) is 53.4 Å². The molecule has 0 spiro atoms. The van der Waals surface area contributed by atoms with E-state index in [0.29, 0.717) is 44.5 Å². The molecule has 2 aromatic carbocycles. The number of benzene rings is 2. The molecule has 40 heavy (non-hydrogen) atoms. The van der Waals surface area contributed by atoms with Crippen molar-refractivity contribution >= 4 is 35.1 Å². The highest BCUT2D eigenvalue weighted by molar-refractivity contribution is 5.95. The number of H-pyrrole nitrogens is 1. The topological polar surface area (TPSA) is 77.2 Å². The SMILES string of the molecule is CC(=O)NCCCC1NCCN(C(=O)c2cc(C(F)(F)F)cc(C(F)(F)F)c2)C1Cc1c[nH]c2ccccc12.Cl. The maximum absolute atomic E-state index is 13.6. The van der Waals surface area contributed by atoms with Gasteiger partial charge < -0.3 is 20.5 Å². The molecule has 3 N–H and O–H groups in total. The number of aromatic amines is 1. The molecule has 0 aliphatic carbocycles. The summed E-state index contributed by atoms with van der Waals surface area (Å²) in [5.74, 6) is -1.09. The van der Waals surface area contributed by atoms with Crippen molar-refractivity contribution in [2.75, 3.05) is 19.6 Å². The number of carbonyl (C=O) groups is 2. The largest absolute Gasteiger partial charge is 0.416 e. The molecule has 0 radical (unpaired) electrons. The minimum atomic E-state index is -5.06. The Balaban J connectivity index is 0.00000441. The van der Waals surface area contributed by atoms with Crippen LogP contribution in [0.4, 0.5) is 26.3 Å². The number of hydrogen-bond donors (Lipinski definition) is 3. The molecular weight excluding hydrogens is 562 g/mol. The normalized spacial score (nSPS) is 17.9. The second-order valence-corrected chi connectivity index (χ2v) is 9.61. The minimum absolute atomic E-state index is 0. The van der Waals surface area contributed by atoms with Gasteiger partial charge in [0.2, 0.25) is 5.91 Å². The molecular formula is C27H29ClF6N4O2. The van der Waals surface area contributed by atoms with Crippen LogP contribution in [-0.2, 0) is 23.6 Å². The lowest BCUT2D eigenvalue weighted by Gasteiger charge is -2.42. The first-order chi connectivity index (χ1) is 18.3. The van der Waals surface area contributed by atoms with Crippen molar-refractivity contribution in [2.45, 2.75) is 50.6 Å². The number of nitrogens with zero attached hydrogens (tertiary/aromatic N) is 1. The summed E-state index contributed by atoms with van der Waals surface area (Å²) in [4.78, 5) is 29.4. The predicted molar refractivity (Wildman–Crippen MR) is 140 cm³/mol. The first-order valence-corrected chi connectivity index (χ1v) is 12.5. The number of rotatable bonds is 7. The number of hydrogen-bond acceptors (Lipinski definition) is 3. The maximum Gasteiger partial charge on any atom is 0.416 e. The van der Waals surface area contributed by atoms with Gasteiger partial charge in [-0.05, 0) is 49.1 Å². The second kappa shape index (κ2) is 12.5. The molecule has 2 amide bonds. The van der Waals surface area contributed by atoms with E-state index in [1.165, 1.54) is 11.8 Å². The van der Waals surface area contributed by atoms with Crippen LogP contribution in [0.3, 0.4) is 0 Å². The predicted octanol–water partition coefficient (Wildman–Crippen LogP) is 5.57. The number of piperazine rings is 1. The number of fused-ring (bicyclic) bond motifs is 1. The molecule has 1 saturated heterocycles. The summed E-state index contributed by atoms with van der Waals surface area (Å²) in [7, 11) is 0. The fraction of sp³-hybridized carbons (Fsp3) is 0.407. The third kappa shape index (κ3) is 7.28. The summed E-state index contributed by atoms with van der Waals surface area (Å²) in [6.07, 6.45) is -6.93. The van der Waals surface area contributed by atoms with Crippen molar-refractivity contribution < 1.29 is 35.9 Å². The quantitative estimate of drug-likeness (QED) is 0.249. The van der Waals surface area contributed by atoms with Crippen LogP contribution in [0.15, 0.2) is 48.7 Å². The lowest BCUT2D eigenvalue weighted by molar-refractivity contribution is -0.143. The Kier molecular flexibility index (Phi) is 9.78. The number of para-hydroxylation sites is 1. The van der Waals surface area contributed by atoms with Crippen molar-refractivity contribution in [1.82, 2.24) is 20.5 Å². The highest BCUT2D eigenvalue weighted by Gasteiger charge is 2.40. The van der Waals surface area contributed by atoms with Gasteiger partial charge in [0, 0.05) is 55.3 Å². The Morgan fingerprint density at radius 3 is 2.30 bits per heavy atom. The van der Waals surface area contributed by atoms with E-state index in [2.05, 4.69) is 15.6 Å². The number of halogens is 7. The van der Waals surface area contributed by atoms with Crippen LogP contribution >= 0.6 is 12.4 Å². The van der Waals surface area contributed by atoms with E-state index in [1.54, 1.807) is 6.20 Å². The van der Waals surface area contributed by atoms with Gasteiger partial charge >= 0.3 is 12.4 Å². The van der Waals surface area contributed by atoms with Crippen LogP contribution < -0.4 is 10.6 Å². The lowest BCUT2D eigenvalue weighted by Crippen LogP contribution is -2.60. The molecule has 2 unspecified atom stereocenters. The van der Waals surface area contributed by atoms with Crippen LogP contribution in [0.25, 0.3) is 10.9 Å². The summed E-state index contributed by atoms with van der Waals surface area (Å²) < 4.78 is 80.8. The molecule has 3 aromatic rings. The fourth-order valence-corrected chi connectivity index (χ4v) is 5.04. The number of nitrogens with one attached hydrogen (secondary N) is 3. The number of aromatic nitrogens is 1. The van der Waals surface area contributed by atoms with Gasteiger partial charge in [0.1, 0.15) is 0 Å². The summed E-state index contributed by atoms with van der Waals surface area (Å²) in [5.41, 5.74) is -2.00. The summed E-state index contributed by atoms with van der Waals surface area (Å²) >= 11 is 0. The van der Waals surface area contributed by atoms with E-state index in [4.69, 9.17) is 0 Å². The third-order valence-corrected chi connectivity index (χ3v) is 6.89. The van der Waals surface area contributed by atoms with Gasteiger partial charge in [-0.1, -0.05) is 18.2 Å². The van der Waals surface area contributed by atoms with E-state index in [9.17, 15) is 35.9 Å². The molecule has 218 valence electrons. The molecule has 1 aliphatic rings. The molecule has 1 aliphatic heterocycles. The van der Waals surface area contributed by atoms with Crippen molar-refractivity contribution in [3.63, 3.8) is 0 Å². The highest BCUT2D eigenvalue weighted by atomic mass is 35.5. The molecule has 1 fully saturated rings. The van der Waals surface area contributed by atoms with E-state index in [-0.39, 0.29) is 37.0 Å². The standard InChI is InChI=1S/C27H28F6N4O2.ClH/c1-16(38)34-8-4-7-23-24(13-18-15-36-22-6-3-2-5-21(18)22)37(10-9-35-23)25(39)17-11-19(26(28,29)30)14-20(12-17)27(31,32)33;/h2-3,5-6,11-12,14-15,23-24,35-36H,4,7-10,13H2,1H3,(H,34,38);1H. The summed E-state index contributed by atoms with van der Waals surface area (Å²) in [6, 6.07) is 7.60. The van der Waals surface area contributed by atoms with E-state index < -0.39 is 41.0 Å². The van der Waals surface area contributed by atoms with Crippen molar-refractivity contribution in [3.8, 4) is 0 Å². The van der Waals surface area contributed by atoms with Crippen LogP contribution in [0.1, 0.15) is 46.8 Å². The van der Waals surface area contributed by atoms with Crippen LogP contribution in [0.2, 0.25) is 0 Å². The Bertz CT molecular complexity index is 1310. The monoisotopic (exact) mass is 590 g/mol. The Morgan fingerprint density at radius 1 is 1.02 bits per heavy atom. The van der Waals surface area contributed by atoms with E-state index >= 15 is 0 Å². The summed E-state index contributed by atoms with van der Waals surface area (Å²) in [5, 5.41) is 6.96. The van der Waals surface area contributed by atoms with Gasteiger partial charge in [-0.3, -0.25) is 9.59 Å². The average molecular weight is 591 g/mol. The Hall–Kier alpha value is -3.25. The first-order valence-electron chi connectivity index (χ1n) is 12.5. The van der Waals surface area contributed by atoms with Crippen LogP contribution in [0, 0.1) is 0 Å². The van der Waals surface area contributed by atoms with Crippen molar-refractivity contribution in [2.24, 2.45) is 0 Å². The number of amides is 2. The second-order valence-electron chi connectivity index (χ2n) is 9.61. The van der Waals surface area contributed by atoms with Crippen LogP contribution in [0.5, 0.6) is 0 Å². The van der Waals surface area contributed by atoms with Gasteiger partial charge in [-0.15, -0.1) is 12.4 Å². The molecule has 6 nitrogen and oxygen atoms in total. The molecule has 2 atom stereocenters. The van der Waals surface area contributed by atoms with E-state index in [1.807, 2.05) is 24.3 Å². The number of alkyl halides is 6. The minimum Gasteiger partial charge on any atom is -0.361 e. The molecule has 1 aromatic heterocycles. The Labute approximate surface area is 232 Å². The van der Waals surface area contributed by atoms with Gasteiger partial charge in [0.05, 0.1) is 17.2 Å². The molecule has 2 heterocycles. The molecule has 0 bridgehead atoms. The maximum atomic E-state index is 13.6. The lowest BCUT2D eigenvalue weighted by atomic mass is 9.91.